The van der Waals surface area contributed by atoms with Crippen LogP contribution in [0.3, 0.4) is 0 Å². The van der Waals surface area contributed by atoms with Crippen LogP contribution in [0.1, 0.15) is 35.2 Å². The molecule has 2 aromatic carbocycles. The fourth-order valence-electron chi connectivity index (χ4n) is 3.84. The van der Waals surface area contributed by atoms with Gasteiger partial charge in [-0.1, -0.05) is 6.07 Å². The van der Waals surface area contributed by atoms with Gasteiger partial charge in [-0.05, 0) is 42.8 Å². The minimum Gasteiger partial charge on any atom is -0.497 e. The summed E-state index contributed by atoms with van der Waals surface area (Å²) in [6.07, 6.45) is 0.482. The second-order valence-corrected chi connectivity index (χ2v) is 6.89. The Kier molecular flexibility index (Phi) is 3.72. The van der Waals surface area contributed by atoms with E-state index in [0.29, 0.717) is 23.5 Å². The lowest BCUT2D eigenvalue weighted by Crippen LogP contribution is -2.61. The predicted octanol–water partition coefficient (Wildman–Crippen LogP) is 3.05. The highest BCUT2D eigenvalue weighted by Crippen LogP contribution is 2.48. The number of carbonyl (C=O) groups is 2. The first kappa shape index (κ1) is 16.6. The minimum absolute atomic E-state index is 0.316. The van der Waals surface area contributed by atoms with E-state index in [1.54, 1.807) is 26.2 Å². The van der Waals surface area contributed by atoms with Crippen LogP contribution < -0.4 is 14.8 Å². The van der Waals surface area contributed by atoms with E-state index in [-0.39, 0.29) is 17.6 Å². The van der Waals surface area contributed by atoms with Crippen LogP contribution in [-0.4, -0.2) is 24.5 Å². The molecule has 1 amide bonds. The lowest BCUT2D eigenvalue weighted by Gasteiger charge is -2.46. The summed E-state index contributed by atoms with van der Waals surface area (Å²) in [7, 11) is 1.57. The molecule has 2 bridgehead atoms. The van der Waals surface area contributed by atoms with E-state index in [1.165, 1.54) is 24.3 Å². The molecule has 0 saturated carbocycles. The standard InChI is InChI=1S/C20H18FNO4/c1-20-10-15(14-8-7-13(25-2)9-16(14)26-20)17(19(24)22-20)18(23)11-3-5-12(21)6-4-11/h3-9,15,17H,10H2,1-2H3,(H,22,24). The second-order valence-electron chi connectivity index (χ2n) is 6.89. The highest BCUT2D eigenvalue weighted by molar-refractivity contribution is 6.11. The molecular formula is C20H18FNO4. The monoisotopic (exact) mass is 355 g/mol. The predicted molar refractivity (Wildman–Crippen MR) is 91.7 cm³/mol. The summed E-state index contributed by atoms with van der Waals surface area (Å²) in [5, 5.41) is 2.82. The molecule has 1 N–H and O–H groups in total. The van der Waals surface area contributed by atoms with Crippen molar-refractivity contribution in [2.45, 2.75) is 25.0 Å². The third kappa shape index (κ3) is 2.62. The maximum Gasteiger partial charge on any atom is 0.234 e. The molecule has 4 rings (SSSR count). The van der Waals surface area contributed by atoms with Crippen LogP contribution >= 0.6 is 0 Å². The van der Waals surface area contributed by atoms with Gasteiger partial charge in [-0.15, -0.1) is 0 Å². The Morgan fingerprint density at radius 3 is 2.69 bits per heavy atom. The quantitative estimate of drug-likeness (QED) is 0.679. The van der Waals surface area contributed by atoms with E-state index in [2.05, 4.69) is 5.32 Å². The van der Waals surface area contributed by atoms with Crippen molar-refractivity contribution in [3.8, 4) is 11.5 Å². The molecule has 0 aliphatic carbocycles. The number of piperidine rings is 1. The Labute approximate surface area is 150 Å². The molecule has 1 saturated heterocycles. The fourth-order valence-corrected chi connectivity index (χ4v) is 3.84. The van der Waals surface area contributed by atoms with Crippen molar-refractivity contribution in [2.75, 3.05) is 7.11 Å². The van der Waals surface area contributed by atoms with E-state index >= 15 is 0 Å². The molecule has 0 spiro atoms. The van der Waals surface area contributed by atoms with Crippen LogP contribution in [0.4, 0.5) is 4.39 Å². The number of nitrogens with one attached hydrogen (secondary N) is 1. The molecule has 2 heterocycles. The molecule has 2 aliphatic heterocycles. The summed E-state index contributed by atoms with van der Waals surface area (Å²) in [4.78, 5) is 25.7. The molecule has 2 aliphatic rings. The second kappa shape index (κ2) is 5.83. The third-order valence-electron chi connectivity index (χ3n) is 5.05. The summed E-state index contributed by atoms with van der Waals surface area (Å²) in [5.74, 6) is -1.09. The Bertz CT molecular complexity index is 895. The zero-order valence-corrected chi connectivity index (χ0v) is 14.4. The van der Waals surface area contributed by atoms with E-state index < -0.39 is 17.5 Å². The van der Waals surface area contributed by atoms with Crippen molar-refractivity contribution < 1.29 is 23.5 Å². The summed E-state index contributed by atoms with van der Waals surface area (Å²) < 4.78 is 24.4. The number of fused-ring (bicyclic) bond motifs is 4. The average Bonchev–Trinajstić information content (AvgIpc) is 2.60. The highest BCUT2D eigenvalue weighted by atomic mass is 19.1. The van der Waals surface area contributed by atoms with Crippen molar-refractivity contribution in [1.82, 2.24) is 5.32 Å². The van der Waals surface area contributed by atoms with Crippen LogP contribution in [0.25, 0.3) is 0 Å². The Balaban J connectivity index is 1.77. The Hall–Kier alpha value is -2.89. The lowest BCUT2D eigenvalue weighted by molar-refractivity contribution is -0.137. The van der Waals surface area contributed by atoms with Crippen LogP contribution in [0.2, 0.25) is 0 Å². The molecule has 3 atom stereocenters. The summed E-state index contributed by atoms with van der Waals surface area (Å²) in [6, 6.07) is 10.6. The van der Waals surface area contributed by atoms with Gasteiger partial charge in [0.2, 0.25) is 5.91 Å². The van der Waals surface area contributed by atoms with Crippen molar-refractivity contribution >= 4 is 11.7 Å². The van der Waals surface area contributed by atoms with E-state index in [4.69, 9.17) is 9.47 Å². The van der Waals surface area contributed by atoms with Crippen LogP contribution in [0.15, 0.2) is 42.5 Å². The number of hydrogen-bond donors (Lipinski definition) is 1. The van der Waals surface area contributed by atoms with E-state index in [0.717, 1.165) is 5.56 Å². The Morgan fingerprint density at radius 1 is 1.27 bits per heavy atom. The first-order valence-corrected chi connectivity index (χ1v) is 8.39. The molecule has 134 valence electrons. The molecule has 3 unspecified atom stereocenters. The molecule has 0 aromatic heterocycles. The number of hydrogen-bond acceptors (Lipinski definition) is 4. The maximum atomic E-state index is 13.2. The number of ketones is 1. The van der Waals surface area contributed by atoms with E-state index in [1.807, 2.05) is 6.07 Å². The number of ether oxygens (including phenoxy) is 2. The highest BCUT2D eigenvalue weighted by Gasteiger charge is 2.51. The van der Waals surface area contributed by atoms with Crippen LogP contribution in [0.5, 0.6) is 11.5 Å². The molecular weight excluding hydrogens is 337 g/mol. The van der Waals surface area contributed by atoms with Gasteiger partial charge in [0, 0.05) is 24.0 Å². The fraction of sp³-hybridized carbons (Fsp3) is 0.300. The molecule has 6 heteroatoms. The van der Waals surface area contributed by atoms with Gasteiger partial charge in [-0.2, -0.15) is 0 Å². The zero-order valence-electron chi connectivity index (χ0n) is 14.4. The van der Waals surface area contributed by atoms with Crippen molar-refractivity contribution in [1.29, 1.82) is 0 Å². The van der Waals surface area contributed by atoms with Gasteiger partial charge in [-0.3, -0.25) is 9.59 Å². The number of halogens is 1. The van der Waals surface area contributed by atoms with Gasteiger partial charge in [0.25, 0.3) is 0 Å². The average molecular weight is 355 g/mol. The van der Waals surface area contributed by atoms with Gasteiger partial charge >= 0.3 is 0 Å². The molecule has 26 heavy (non-hydrogen) atoms. The normalized spacial score (nSPS) is 26.3. The van der Waals surface area contributed by atoms with Crippen LogP contribution in [-0.2, 0) is 4.79 Å². The van der Waals surface area contributed by atoms with Crippen molar-refractivity contribution in [2.24, 2.45) is 5.92 Å². The number of Topliss-reactive ketones (excluding diaryl/α,β-unsaturated/α-hetero) is 1. The first-order chi connectivity index (χ1) is 12.4. The lowest BCUT2D eigenvalue weighted by atomic mass is 9.72. The van der Waals surface area contributed by atoms with Crippen molar-refractivity contribution in [3.63, 3.8) is 0 Å². The van der Waals surface area contributed by atoms with Gasteiger partial charge in [-0.25, -0.2) is 4.39 Å². The topological polar surface area (TPSA) is 64.6 Å². The van der Waals surface area contributed by atoms with Crippen LogP contribution in [0, 0.1) is 11.7 Å². The van der Waals surface area contributed by atoms with Gasteiger partial charge in [0.05, 0.1) is 7.11 Å². The number of benzene rings is 2. The maximum absolute atomic E-state index is 13.2. The SMILES string of the molecule is COc1ccc2c(c1)OC1(C)CC2C(C(=O)c2ccc(F)cc2)C(=O)N1. The van der Waals surface area contributed by atoms with Gasteiger partial charge < -0.3 is 14.8 Å². The number of rotatable bonds is 3. The minimum atomic E-state index is -0.885. The molecule has 1 fully saturated rings. The summed E-state index contributed by atoms with van der Waals surface area (Å²) in [5.41, 5.74) is 0.246. The third-order valence-corrected chi connectivity index (χ3v) is 5.05. The number of methoxy groups -OCH3 is 1. The Morgan fingerprint density at radius 2 is 2.00 bits per heavy atom. The van der Waals surface area contributed by atoms with Gasteiger partial charge in [0.1, 0.15) is 23.2 Å². The molecule has 2 aromatic rings. The molecule has 0 radical (unpaired) electrons. The molecule has 5 nitrogen and oxygen atoms in total. The zero-order chi connectivity index (χ0) is 18.5. The van der Waals surface area contributed by atoms with Crippen molar-refractivity contribution in [3.05, 3.63) is 59.4 Å². The summed E-state index contributed by atoms with van der Waals surface area (Å²) in [6.45, 7) is 1.79. The summed E-state index contributed by atoms with van der Waals surface area (Å²) >= 11 is 0. The van der Waals surface area contributed by atoms with Gasteiger partial charge in [0.15, 0.2) is 11.5 Å². The smallest absolute Gasteiger partial charge is 0.234 e. The van der Waals surface area contributed by atoms with E-state index in [9.17, 15) is 14.0 Å². The number of carbonyl (C=O) groups excluding carboxylic acids is 2. The largest absolute Gasteiger partial charge is 0.497 e. The first-order valence-electron chi connectivity index (χ1n) is 8.39. The number of amides is 1.